The van der Waals surface area contributed by atoms with Gasteiger partial charge in [0.2, 0.25) is 0 Å². The van der Waals surface area contributed by atoms with E-state index in [1.54, 1.807) is 11.1 Å². The molecule has 0 aliphatic carbocycles. The Hall–Kier alpha value is -2.15. The molecule has 0 fully saturated rings. The van der Waals surface area contributed by atoms with Crippen molar-refractivity contribution in [1.29, 1.82) is 0 Å². The van der Waals surface area contributed by atoms with Crippen LogP contribution in [0.25, 0.3) is 5.69 Å². The van der Waals surface area contributed by atoms with Crippen molar-refractivity contribution in [1.82, 2.24) is 14.7 Å². The Morgan fingerprint density at radius 3 is 2.57 bits per heavy atom. The molecule has 0 aliphatic heterocycles. The second-order valence-corrected chi connectivity index (χ2v) is 6.43. The van der Waals surface area contributed by atoms with Crippen LogP contribution >= 0.6 is 22.6 Å². The molecular weight excluding hydrogens is 401 g/mol. The highest BCUT2D eigenvalue weighted by Crippen LogP contribution is 2.15. The third kappa shape index (κ3) is 3.61. The number of aromatic nitrogens is 2. The van der Waals surface area contributed by atoms with Crippen LogP contribution in [0.4, 0.5) is 0 Å². The fourth-order valence-corrected chi connectivity index (χ4v) is 2.97. The Kier molecular flexibility index (Phi) is 4.76. The number of para-hydroxylation sites is 1. The Morgan fingerprint density at radius 2 is 1.83 bits per heavy atom. The lowest BCUT2D eigenvalue weighted by molar-refractivity contribution is 0.0784. The summed E-state index contributed by atoms with van der Waals surface area (Å²) in [6.45, 7) is 0.524. The zero-order chi connectivity index (χ0) is 16.2. The van der Waals surface area contributed by atoms with Crippen molar-refractivity contribution in [3.63, 3.8) is 0 Å². The molecule has 1 amide bonds. The van der Waals surface area contributed by atoms with Crippen LogP contribution in [-0.4, -0.2) is 27.6 Å². The largest absolute Gasteiger partial charge is 0.337 e. The number of rotatable bonds is 4. The summed E-state index contributed by atoms with van der Waals surface area (Å²) >= 11 is 2.19. The number of carbonyl (C=O) groups excluding carboxylic acids is 1. The lowest BCUT2D eigenvalue weighted by Gasteiger charge is -2.17. The molecule has 0 saturated heterocycles. The molecule has 0 radical (unpaired) electrons. The molecule has 2 aromatic carbocycles. The van der Waals surface area contributed by atoms with E-state index in [1.807, 2.05) is 72.5 Å². The number of hydrogen-bond acceptors (Lipinski definition) is 2. The molecule has 0 spiro atoms. The quantitative estimate of drug-likeness (QED) is 0.607. The number of carbonyl (C=O) groups is 1. The first-order valence-corrected chi connectivity index (χ1v) is 8.32. The van der Waals surface area contributed by atoms with Crippen molar-refractivity contribution in [3.05, 3.63) is 81.7 Å². The maximum Gasteiger partial charge on any atom is 0.254 e. The Labute approximate surface area is 148 Å². The van der Waals surface area contributed by atoms with Crippen LogP contribution < -0.4 is 0 Å². The van der Waals surface area contributed by atoms with Crippen molar-refractivity contribution in [2.75, 3.05) is 7.05 Å². The molecule has 0 atom stereocenters. The highest BCUT2D eigenvalue weighted by atomic mass is 127. The summed E-state index contributed by atoms with van der Waals surface area (Å²) in [5, 5.41) is 4.37. The molecule has 0 N–H and O–H groups in total. The average molecular weight is 417 g/mol. The van der Waals surface area contributed by atoms with Crippen LogP contribution in [0, 0.1) is 3.57 Å². The molecule has 3 rings (SSSR count). The van der Waals surface area contributed by atoms with Gasteiger partial charge in [0.25, 0.3) is 5.91 Å². The minimum Gasteiger partial charge on any atom is -0.337 e. The second-order valence-electron chi connectivity index (χ2n) is 5.27. The van der Waals surface area contributed by atoms with Crippen molar-refractivity contribution >= 4 is 28.5 Å². The van der Waals surface area contributed by atoms with E-state index in [0.29, 0.717) is 6.54 Å². The summed E-state index contributed by atoms with van der Waals surface area (Å²) in [6, 6.07) is 17.5. The summed E-state index contributed by atoms with van der Waals surface area (Å²) in [5.41, 5.74) is 2.73. The minimum absolute atomic E-state index is 0.0162. The molecule has 0 saturated carbocycles. The molecule has 116 valence electrons. The Bertz CT molecular complexity index is 814. The summed E-state index contributed by atoms with van der Waals surface area (Å²) in [4.78, 5) is 14.3. The monoisotopic (exact) mass is 417 g/mol. The predicted molar refractivity (Wildman–Crippen MR) is 98.5 cm³/mol. The molecule has 1 aromatic heterocycles. The molecule has 23 heavy (non-hydrogen) atoms. The van der Waals surface area contributed by atoms with Crippen LogP contribution in [0.3, 0.4) is 0 Å². The highest BCUT2D eigenvalue weighted by molar-refractivity contribution is 14.1. The van der Waals surface area contributed by atoms with E-state index in [4.69, 9.17) is 0 Å². The topological polar surface area (TPSA) is 38.1 Å². The van der Waals surface area contributed by atoms with Crippen LogP contribution in [0.15, 0.2) is 67.0 Å². The first kappa shape index (κ1) is 15.7. The van der Waals surface area contributed by atoms with Gasteiger partial charge in [-0.1, -0.05) is 30.3 Å². The van der Waals surface area contributed by atoms with E-state index in [1.165, 1.54) is 0 Å². The lowest BCUT2D eigenvalue weighted by atomic mass is 10.2. The second kappa shape index (κ2) is 6.95. The minimum atomic E-state index is 0.0162. The van der Waals surface area contributed by atoms with Gasteiger partial charge < -0.3 is 4.90 Å². The Balaban J connectivity index is 1.74. The van der Waals surface area contributed by atoms with Crippen LogP contribution in [0.1, 0.15) is 15.9 Å². The normalized spacial score (nSPS) is 10.5. The third-order valence-corrected chi connectivity index (χ3v) is 4.47. The molecule has 0 aliphatic rings. The van der Waals surface area contributed by atoms with Crippen LogP contribution in [-0.2, 0) is 6.54 Å². The fourth-order valence-electron chi connectivity index (χ4n) is 2.35. The van der Waals surface area contributed by atoms with E-state index in [2.05, 4.69) is 27.7 Å². The van der Waals surface area contributed by atoms with Gasteiger partial charge in [0.05, 0.1) is 17.4 Å². The molecule has 0 bridgehead atoms. The van der Waals surface area contributed by atoms with E-state index in [0.717, 1.165) is 20.4 Å². The first-order valence-electron chi connectivity index (χ1n) is 7.24. The van der Waals surface area contributed by atoms with E-state index in [-0.39, 0.29) is 5.91 Å². The molecular formula is C18H16IN3O. The number of benzene rings is 2. The van der Waals surface area contributed by atoms with E-state index in [9.17, 15) is 4.79 Å². The lowest BCUT2D eigenvalue weighted by Crippen LogP contribution is -2.26. The molecule has 0 unspecified atom stereocenters. The van der Waals surface area contributed by atoms with E-state index >= 15 is 0 Å². The number of halogens is 1. The smallest absolute Gasteiger partial charge is 0.254 e. The van der Waals surface area contributed by atoms with Gasteiger partial charge in [0, 0.05) is 28.9 Å². The SMILES string of the molecule is CN(Cc1cnn(-c2ccccc2)c1)C(=O)c1ccccc1I. The van der Waals surface area contributed by atoms with Crippen molar-refractivity contribution in [3.8, 4) is 5.69 Å². The number of nitrogens with zero attached hydrogens (tertiary/aromatic N) is 3. The van der Waals surface area contributed by atoms with Gasteiger partial charge in [-0.25, -0.2) is 4.68 Å². The van der Waals surface area contributed by atoms with E-state index < -0.39 is 0 Å². The van der Waals surface area contributed by atoms with Gasteiger partial charge >= 0.3 is 0 Å². The maximum atomic E-state index is 12.5. The predicted octanol–water partition coefficient (Wildman–Crippen LogP) is 3.75. The molecule has 5 heteroatoms. The number of hydrogen-bond donors (Lipinski definition) is 0. The van der Waals surface area contributed by atoms with Gasteiger partial charge in [-0.15, -0.1) is 0 Å². The van der Waals surface area contributed by atoms with Crippen LogP contribution in [0.5, 0.6) is 0 Å². The number of amides is 1. The maximum absolute atomic E-state index is 12.5. The molecule has 3 aromatic rings. The summed E-state index contributed by atoms with van der Waals surface area (Å²) in [6.07, 6.45) is 3.75. The average Bonchev–Trinajstić information content (AvgIpc) is 3.04. The summed E-state index contributed by atoms with van der Waals surface area (Å²) in [5.74, 6) is 0.0162. The van der Waals surface area contributed by atoms with Gasteiger partial charge in [-0.3, -0.25) is 4.79 Å². The van der Waals surface area contributed by atoms with Crippen molar-refractivity contribution < 1.29 is 4.79 Å². The summed E-state index contributed by atoms with van der Waals surface area (Å²) in [7, 11) is 1.81. The van der Waals surface area contributed by atoms with Crippen LogP contribution in [0.2, 0.25) is 0 Å². The standard InChI is InChI=1S/C18H16IN3O/c1-21(18(23)16-9-5-6-10-17(16)19)12-14-11-20-22(13-14)15-7-3-2-4-8-15/h2-11,13H,12H2,1H3. The third-order valence-electron chi connectivity index (χ3n) is 3.53. The zero-order valence-corrected chi connectivity index (χ0v) is 14.8. The molecule has 4 nitrogen and oxygen atoms in total. The van der Waals surface area contributed by atoms with Crippen molar-refractivity contribution in [2.45, 2.75) is 6.54 Å². The Morgan fingerprint density at radius 1 is 1.13 bits per heavy atom. The fraction of sp³-hybridized carbons (Fsp3) is 0.111. The van der Waals surface area contributed by atoms with Gasteiger partial charge in [-0.2, -0.15) is 5.10 Å². The van der Waals surface area contributed by atoms with Gasteiger partial charge in [0.15, 0.2) is 0 Å². The zero-order valence-electron chi connectivity index (χ0n) is 12.7. The molecule has 1 heterocycles. The van der Waals surface area contributed by atoms with Gasteiger partial charge in [0.1, 0.15) is 0 Å². The first-order chi connectivity index (χ1) is 11.1. The summed E-state index contributed by atoms with van der Waals surface area (Å²) < 4.78 is 2.78. The van der Waals surface area contributed by atoms with Crippen molar-refractivity contribution in [2.24, 2.45) is 0 Å². The highest BCUT2D eigenvalue weighted by Gasteiger charge is 2.15. The van der Waals surface area contributed by atoms with Gasteiger partial charge in [-0.05, 0) is 46.9 Å².